The van der Waals surface area contributed by atoms with Gasteiger partial charge in [0.2, 0.25) is 0 Å². The molecular weight excluding hydrogens is 248 g/mol. The highest BCUT2D eigenvalue weighted by Crippen LogP contribution is 2.19. The van der Waals surface area contributed by atoms with Crippen LogP contribution in [-0.2, 0) is 0 Å². The second-order valence-electron chi connectivity index (χ2n) is 6.17. The summed E-state index contributed by atoms with van der Waals surface area (Å²) in [6.07, 6.45) is 2.44. The van der Waals surface area contributed by atoms with Crippen LogP contribution in [0.1, 0.15) is 39.9 Å². The van der Waals surface area contributed by atoms with Gasteiger partial charge in [0.1, 0.15) is 0 Å². The topological polar surface area (TPSA) is 32.3 Å². The number of nitrogens with one attached hydrogen (secondary N) is 1. The van der Waals surface area contributed by atoms with E-state index in [0.717, 1.165) is 36.3 Å². The van der Waals surface area contributed by atoms with E-state index in [1.54, 1.807) is 0 Å². The molecule has 1 aromatic rings. The second kappa shape index (κ2) is 6.40. The predicted octanol–water partition coefficient (Wildman–Crippen LogP) is 2.68. The Morgan fingerprint density at radius 2 is 1.95 bits per heavy atom. The van der Waals surface area contributed by atoms with Crippen molar-refractivity contribution in [1.29, 1.82) is 0 Å². The van der Waals surface area contributed by atoms with Gasteiger partial charge in [0.15, 0.2) is 0 Å². The van der Waals surface area contributed by atoms with Gasteiger partial charge in [-0.2, -0.15) is 0 Å². The number of hydrogen-bond donors (Lipinski definition) is 1. The van der Waals surface area contributed by atoms with E-state index in [-0.39, 0.29) is 5.91 Å². The highest BCUT2D eigenvalue weighted by atomic mass is 16.2. The Balaban J connectivity index is 2.10. The number of benzene rings is 1. The summed E-state index contributed by atoms with van der Waals surface area (Å²) in [5.74, 6) is 0.745. The average molecular weight is 274 g/mol. The number of amides is 1. The van der Waals surface area contributed by atoms with Crippen LogP contribution in [0, 0.1) is 26.7 Å². The van der Waals surface area contributed by atoms with Gasteiger partial charge in [-0.1, -0.05) is 17.7 Å². The van der Waals surface area contributed by atoms with E-state index in [1.807, 2.05) is 25.8 Å². The first-order valence-electron chi connectivity index (χ1n) is 7.53. The molecule has 1 aliphatic heterocycles. The Hall–Kier alpha value is -1.35. The molecule has 1 atom stereocenters. The van der Waals surface area contributed by atoms with Crippen LogP contribution in [0.25, 0.3) is 0 Å². The van der Waals surface area contributed by atoms with Crippen LogP contribution in [0.4, 0.5) is 0 Å². The van der Waals surface area contributed by atoms with Crippen molar-refractivity contribution in [2.24, 2.45) is 5.92 Å². The molecule has 0 saturated carbocycles. The Morgan fingerprint density at radius 3 is 2.50 bits per heavy atom. The Morgan fingerprint density at radius 1 is 1.30 bits per heavy atom. The van der Waals surface area contributed by atoms with Crippen molar-refractivity contribution in [2.45, 2.75) is 33.6 Å². The average Bonchev–Trinajstić information content (AvgIpc) is 2.38. The number of aryl methyl sites for hydroxylation is 3. The highest BCUT2D eigenvalue weighted by molar-refractivity contribution is 5.97. The highest BCUT2D eigenvalue weighted by Gasteiger charge is 2.21. The molecule has 1 fully saturated rings. The lowest BCUT2D eigenvalue weighted by Crippen LogP contribution is -2.39. The molecule has 0 bridgehead atoms. The van der Waals surface area contributed by atoms with Crippen LogP contribution in [0.3, 0.4) is 0 Å². The van der Waals surface area contributed by atoms with E-state index in [1.165, 1.54) is 18.4 Å². The first-order valence-corrected chi connectivity index (χ1v) is 7.53. The summed E-state index contributed by atoms with van der Waals surface area (Å²) >= 11 is 0. The van der Waals surface area contributed by atoms with Crippen molar-refractivity contribution in [1.82, 2.24) is 10.2 Å². The first kappa shape index (κ1) is 15.0. The molecular formula is C17H26N2O. The van der Waals surface area contributed by atoms with Crippen LogP contribution < -0.4 is 5.32 Å². The third-order valence-electron chi connectivity index (χ3n) is 4.17. The fourth-order valence-corrected chi connectivity index (χ4v) is 3.26. The predicted molar refractivity (Wildman–Crippen MR) is 83.2 cm³/mol. The van der Waals surface area contributed by atoms with E-state index in [0.29, 0.717) is 5.92 Å². The summed E-state index contributed by atoms with van der Waals surface area (Å²) < 4.78 is 0. The zero-order chi connectivity index (χ0) is 14.7. The van der Waals surface area contributed by atoms with Gasteiger partial charge in [-0.3, -0.25) is 4.79 Å². The van der Waals surface area contributed by atoms with Crippen molar-refractivity contribution < 1.29 is 4.79 Å². The SMILES string of the molecule is Cc1cc(C)c(C(=O)N(C)CC2CCCNC2)c(C)c1. The van der Waals surface area contributed by atoms with Gasteiger partial charge in [0.05, 0.1) is 0 Å². The van der Waals surface area contributed by atoms with Gasteiger partial charge in [0, 0.05) is 19.2 Å². The van der Waals surface area contributed by atoms with E-state index in [4.69, 9.17) is 0 Å². The van der Waals surface area contributed by atoms with Gasteiger partial charge < -0.3 is 10.2 Å². The van der Waals surface area contributed by atoms with Crippen LogP contribution in [0.15, 0.2) is 12.1 Å². The Labute approximate surface area is 122 Å². The van der Waals surface area contributed by atoms with Gasteiger partial charge in [-0.15, -0.1) is 0 Å². The molecule has 1 saturated heterocycles. The van der Waals surface area contributed by atoms with Crippen molar-refractivity contribution >= 4 is 5.91 Å². The second-order valence-corrected chi connectivity index (χ2v) is 6.17. The van der Waals surface area contributed by atoms with Gasteiger partial charge in [-0.05, 0) is 63.7 Å². The lowest BCUT2D eigenvalue weighted by molar-refractivity contribution is 0.0763. The number of carbonyl (C=O) groups excluding carboxylic acids is 1. The van der Waals surface area contributed by atoms with Crippen LogP contribution >= 0.6 is 0 Å². The van der Waals surface area contributed by atoms with Gasteiger partial charge in [0.25, 0.3) is 5.91 Å². The summed E-state index contributed by atoms with van der Waals surface area (Å²) in [4.78, 5) is 14.6. The maximum absolute atomic E-state index is 12.7. The molecule has 1 heterocycles. The third-order valence-corrected chi connectivity index (χ3v) is 4.17. The summed E-state index contributed by atoms with van der Waals surface area (Å²) in [5.41, 5.74) is 4.26. The molecule has 3 heteroatoms. The van der Waals surface area contributed by atoms with E-state index in [9.17, 15) is 4.79 Å². The third kappa shape index (κ3) is 3.40. The molecule has 1 aromatic carbocycles. The van der Waals surface area contributed by atoms with E-state index < -0.39 is 0 Å². The number of rotatable bonds is 3. The van der Waals surface area contributed by atoms with E-state index in [2.05, 4.69) is 24.4 Å². The van der Waals surface area contributed by atoms with E-state index >= 15 is 0 Å². The zero-order valence-corrected chi connectivity index (χ0v) is 13.1. The quantitative estimate of drug-likeness (QED) is 0.919. The molecule has 1 unspecified atom stereocenters. The Bertz CT molecular complexity index is 467. The Kier molecular flexibility index (Phi) is 4.81. The van der Waals surface area contributed by atoms with Crippen molar-refractivity contribution in [2.75, 3.05) is 26.7 Å². The van der Waals surface area contributed by atoms with Crippen molar-refractivity contribution in [3.63, 3.8) is 0 Å². The smallest absolute Gasteiger partial charge is 0.254 e. The largest absolute Gasteiger partial charge is 0.341 e. The molecule has 1 N–H and O–H groups in total. The summed E-state index contributed by atoms with van der Waals surface area (Å²) in [6.45, 7) is 9.13. The number of piperidine rings is 1. The van der Waals surface area contributed by atoms with Crippen LogP contribution in [0.2, 0.25) is 0 Å². The molecule has 2 rings (SSSR count). The molecule has 0 radical (unpaired) electrons. The zero-order valence-electron chi connectivity index (χ0n) is 13.1. The maximum atomic E-state index is 12.7. The lowest BCUT2D eigenvalue weighted by atomic mass is 9.96. The molecule has 110 valence electrons. The fourth-order valence-electron chi connectivity index (χ4n) is 3.26. The molecule has 20 heavy (non-hydrogen) atoms. The van der Waals surface area contributed by atoms with Crippen molar-refractivity contribution in [3.8, 4) is 0 Å². The molecule has 1 amide bonds. The van der Waals surface area contributed by atoms with Gasteiger partial charge in [-0.25, -0.2) is 0 Å². The summed E-state index contributed by atoms with van der Waals surface area (Å²) in [7, 11) is 1.93. The summed E-state index contributed by atoms with van der Waals surface area (Å²) in [5, 5.41) is 3.41. The number of nitrogens with zero attached hydrogens (tertiary/aromatic N) is 1. The monoisotopic (exact) mass is 274 g/mol. The fraction of sp³-hybridized carbons (Fsp3) is 0.588. The standard InChI is InChI=1S/C17H26N2O/c1-12-8-13(2)16(14(3)9-12)17(20)19(4)11-15-6-5-7-18-10-15/h8-9,15,18H,5-7,10-11H2,1-4H3. The minimum absolute atomic E-state index is 0.158. The number of hydrogen-bond acceptors (Lipinski definition) is 2. The number of carbonyl (C=O) groups is 1. The molecule has 0 aliphatic carbocycles. The van der Waals surface area contributed by atoms with Crippen LogP contribution in [0.5, 0.6) is 0 Å². The van der Waals surface area contributed by atoms with Crippen molar-refractivity contribution in [3.05, 3.63) is 34.4 Å². The first-order chi connectivity index (χ1) is 9.49. The molecule has 1 aliphatic rings. The molecule has 3 nitrogen and oxygen atoms in total. The minimum Gasteiger partial charge on any atom is -0.341 e. The van der Waals surface area contributed by atoms with Gasteiger partial charge >= 0.3 is 0 Å². The molecule has 0 aromatic heterocycles. The minimum atomic E-state index is 0.158. The molecule has 0 spiro atoms. The lowest BCUT2D eigenvalue weighted by Gasteiger charge is -2.28. The normalized spacial score (nSPS) is 18.9. The van der Waals surface area contributed by atoms with Crippen LogP contribution in [-0.4, -0.2) is 37.5 Å². The summed E-state index contributed by atoms with van der Waals surface area (Å²) in [6, 6.07) is 4.19. The maximum Gasteiger partial charge on any atom is 0.254 e.